The topological polar surface area (TPSA) is 83.4 Å². The van der Waals surface area contributed by atoms with Gasteiger partial charge in [0, 0.05) is 23.6 Å². The fraction of sp³-hybridized carbons (Fsp3) is 0.273. The maximum absolute atomic E-state index is 12.5. The summed E-state index contributed by atoms with van der Waals surface area (Å²) in [6.45, 7) is 8.72. The minimum Gasteiger partial charge on any atom is -0.490 e. The Morgan fingerprint density at radius 1 is 1.11 bits per heavy atom. The number of carbonyl (C=O) groups is 1. The van der Waals surface area contributed by atoms with Crippen molar-refractivity contribution in [2.45, 2.75) is 27.7 Å². The molecule has 0 aliphatic heterocycles. The number of ether oxygens (including phenoxy) is 2. The third kappa shape index (κ3) is 5.27. The lowest BCUT2D eigenvalue weighted by molar-refractivity contribution is -0.112. The zero-order valence-corrected chi connectivity index (χ0v) is 16.6. The van der Waals surface area contributed by atoms with E-state index in [1.807, 2.05) is 52.0 Å². The SMILES string of the molecule is CCOc1ccc(N/C=C(/C#N)C(=O)Nc2cccc(C)c2C)cc1OCC. The number of amides is 1. The Kier molecular flexibility index (Phi) is 7.46. The Balaban J connectivity index is 2.16. The monoisotopic (exact) mass is 379 g/mol. The van der Waals surface area contributed by atoms with E-state index in [9.17, 15) is 10.1 Å². The molecule has 1 amide bonds. The second-order valence-electron chi connectivity index (χ2n) is 6.04. The average Bonchev–Trinajstić information content (AvgIpc) is 2.68. The molecule has 0 aliphatic rings. The van der Waals surface area contributed by atoms with Crippen LogP contribution in [0.4, 0.5) is 11.4 Å². The molecule has 0 aliphatic carbocycles. The lowest BCUT2D eigenvalue weighted by atomic mass is 10.1. The second-order valence-corrected chi connectivity index (χ2v) is 6.04. The number of anilines is 2. The molecular weight excluding hydrogens is 354 g/mol. The zero-order chi connectivity index (χ0) is 20.5. The fourth-order valence-corrected chi connectivity index (χ4v) is 2.52. The van der Waals surface area contributed by atoms with Crippen molar-refractivity contribution < 1.29 is 14.3 Å². The van der Waals surface area contributed by atoms with Crippen molar-refractivity contribution >= 4 is 17.3 Å². The molecule has 6 nitrogen and oxygen atoms in total. The first kappa shape index (κ1) is 20.8. The summed E-state index contributed by atoms with van der Waals surface area (Å²) in [5, 5.41) is 15.1. The molecule has 0 aromatic heterocycles. The van der Waals surface area contributed by atoms with E-state index in [0.717, 1.165) is 11.1 Å². The number of nitriles is 1. The molecule has 2 rings (SSSR count). The van der Waals surface area contributed by atoms with E-state index >= 15 is 0 Å². The lowest BCUT2D eigenvalue weighted by Gasteiger charge is -2.12. The van der Waals surface area contributed by atoms with Crippen LogP contribution in [0.25, 0.3) is 0 Å². The van der Waals surface area contributed by atoms with Crippen molar-refractivity contribution in [2.24, 2.45) is 0 Å². The van der Waals surface area contributed by atoms with Gasteiger partial charge >= 0.3 is 0 Å². The summed E-state index contributed by atoms with van der Waals surface area (Å²) in [4.78, 5) is 12.5. The van der Waals surface area contributed by atoms with Crippen LogP contribution in [0.5, 0.6) is 11.5 Å². The van der Waals surface area contributed by atoms with Gasteiger partial charge in [0.2, 0.25) is 0 Å². The number of benzene rings is 2. The number of carbonyl (C=O) groups excluding carboxylic acids is 1. The van der Waals surface area contributed by atoms with Crippen molar-refractivity contribution in [1.29, 1.82) is 5.26 Å². The third-order valence-electron chi connectivity index (χ3n) is 4.14. The summed E-state index contributed by atoms with van der Waals surface area (Å²) in [6.07, 6.45) is 1.38. The molecule has 2 aromatic carbocycles. The van der Waals surface area contributed by atoms with Gasteiger partial charge < -0.3 is 20.1 Å². The van der Waals surface area contributed by atoms with Crippen molar-refractivity contribution in [2.75, 3.05) is 23.8 Å². The quantitative estimate of drug-likeness (QED) is 0.519. The van der Waals surface area contributed by atoms with Gasteiger partial charge in [-0.3, -0.25) is 4.79 Å². The number of nitrogens with one attached hydrogen (secondary N) is 2. The molecule has 0 saturated carbocycles. The van der Waals surface area contributed by atoms with Crippen molar-refractivity contribution in [1.82, 2.24) is 0 Å². The van der Waals surface area contributed by atoms with Gasteiger partial charge in [-0.2, -0.15) is 5.26 Å². The lowest BCUT2D eigenvalue weighted by Crippen LogP contribution is -2.15. The first-order chi connectivity index (χ1) is 13.5. The van der Waals surface area contributed by atoms with E-state index in [2.05, 4.69) is 10.6 Å². The maximum atomic E-state index is 12.5. The molecule has 0 saturated heterocycles. The Labute approximate surface area is 165 Å². The molecule has 146 valence electrons. The molecule has 6 heteroatoms. The van der Waals surface area contributed by atoms with E-state index in [4.69, 9.17) is 9.47 Å². The van der Waals surface area contributed by atoms with Crippen LogP contribution < -0.4 is 20.1 Å². The van der Waals surface area contributed by atoms with Crippen LogP contribution in [0.15, 0.2) is 48.2 Å². The van der Waals surface area contributed by atoms with Gasteiger partial charge in [0.05, 0.1) is 13.2 Å². The van der Waals surface area contributed by atoms with Crippen molar-refractivity contribution in [3.8, 4) is 17.6 Å². The van der Waals surface area contributed by atoms with Crippen LogP contribution in [0.3, 0.4) is 0 Å². The summed E-state index contributed by atoms with van der Waals surface area (Å²) in [5.41, 5.74) is 3.36. The van der Waals surface area contributed by atoms with E-state index in [1.165, 1.54) is 6.20 Å². The zero-order valence-electron chi connectivity index (χ0n) is 16.6. The number of hydrogen-bond acceptors (Lipinski definition) is 5. The predicted octanol–water partition coefficient (Wildman–Crippen LogP) is 4.56. The Morgan fingerprint density at radius 3 is 2.50 bits per heavy atom. The molecule has 0 fully saturated rings. The highest BCUT2D eigenvalue weighted by atomic mass is 16.5. The Morgan fingerprint density at radius 2 is 1.82 bits per heavy atom. The number of rotatable bonds is 8. The van der Waals surface area contributed by atoms with Gasteiger partial charge in [-0.25, -0.2) is 0 Å². The van der Waals surface area contributed by atoms with Crippen molar-refractivity contribution in [3.63, 3.8) is 0 Å². The molecule has 0 spiro atoms. The van der Waals surface area contributed by atoms with E-state index in [0.29, 0.717) is 36.1 Å². The predicted molar refractivity (Wildman–Crippen MR) is 111 cm³/mol. The molecule has 2 N–H and O–H groups in total. The fourth-order valence-electron chi connectivity index (χ4n) is 2.52. The van der Waals surface area contributed by atoms with Crippen LogP contribution in [-0.4, -0.2) is 19.1 Å². The Bertz CT molecular complexity index is 914. The Hall–Kier alpha value is -3.46. The van der Waals surface area contributed by atoms with E-state index in [1.54, 1.807) is 18.2 Å². The third-order valence-corrected chi connectivity index (χ3v) is 4.14. The molecule has 0 atom stereocenters. The van der Waals surface area contributed by atoms with Crippen LogP contribution in [0.1, 0.15) is 25.0 Å². The van der Waals surface area contributed by atoms with Gasteiger partial charge in [0.15, 0.2) is 11.5 Å². The molecule has 0 radical (unpaired) electrons. The largest absolute Gasteiger partial charge is 0.490 e. The van der Waals surface area contributed by atoms with Gasteiger partial charge in [-0.05, 0) is 57.0 Å². The van der Waals surface area contributed by atoms with E-state index in [-0.39, 0.29) is 5.57 Å². The maximum Gasteiger partial charge on any atom is 0.267 e. The van der Waals surface area contributed by atoms with Gasteiger partial charge in [-0.1, -0.05) is 12.1 Å². The van der Waals surface area contributed by atoms with Gasteiger partial charge in [0.25, 0.3) is 5.91 Å². The minimum absolute atomic E-state index is 0.0345. The van der Waals surface area contributed by atoms with Gasteiger partial charge in [-0.15, -0.1) is 0 Å². The number of nitrogens with zero attached hydrogens (tertiary/aromatic N) is 1. The number of aryl methyl sites for hydroxylation is 1. The first-order valence-corrected chi connectivity index (χ1v) is 9.14. The van der Waals surface area contributed by atoms with E-state index < -0.39 is 5.91 Å². The summed E-state index contributed by atoms with van der Waals surface area (Å²) < 4.78 is 11.1. The highest BCUT2D eigenvalue weighted by Gasteiger charge is 2.12. The van der Waals surface area contributed by atoms with Crippen LogP contribution in [0, 0.1) is 25.2 Å². The smallest absolute Gasteiger partial charge is 0.267 e. The average molecular weight is 379 g/mol. The highest BCUT2D eigenvalue weighted by Crippen LogP contribution is 2.30. The first-order valence-electron chi connectivity index (χ1n) is 9.14. The van der Waals surface area contributed by atoms with Crippen LogP contribution in [0.2, 0.25) is 0 Å². The summed E-state index contributed by atoms with van der Waals surface area (Å²) in [7, 11) is 0. The normalized spacial score (nSPS) is 10.8. The van der Waals surface area contributed by atoms with Gasteiger partial charge in [0.1, 0.15) is 11.6 Å². The highest BCUT2D eigenvalue weighted by molar-refractivity contribution is 6.07. The standard InChI is InChI=1S/C22H25N3O3/c1-5-27-20-11-10-18(12-21(20)28-6-2)24-14-17(13-23)22(26)25-19-9-7-8-15(3)16(19)4/h7-12,14,24H,5-6H2,1-4H3,(H,25,26)/b17-14-. The number of hydrogen-bond donors (Lipinski definition) is 2. The van der Waals surface area contributed by atoms with Crippen molar-refractivity contribution in [3.05, 3.63) is 59.3 Å². The second kappa shape index (κ2) is 10.0. The molecular formula is C22H25N3O3. The molecule has 0 heterocycles. The summed E-state index contributed by atoms with van der Waals surface area (Å²) in [6, 6.07) is 12.9. The van der Waals surface area contributed by atoms with Crippen LogP contribution in [-0.2, 0) is 4.79 Å². The molecule has 28 heavy (non-hydrogen) atoms. The summed E-state index contributed by atoms with van der Waals surface area (Å²) in [5.74, 6) is 0.771. The molecule has 0 bridgehead atoms. The van der Waals surface area contributed by atoms with Crippen LogP contribution >= 0.6 is 0 Å². The molecule has 0 unspecified atom stereocenters. The minimum atomic E-state index is -0.473. The summed E-state index contributed by atoms with van der Waals surface area (Å²) >= 11 is 0. The molecule has 2 aromatic rings.